The first-order valence-corrected chi connectivity index (χ1v) is 8.05. The van der Waals surface area contributed by atoms with E-state index in [-0.39, 0.29) is 17.9 Å². The molecule has 24 heavy (non-hydrogen) atoms. The van der Waals surface area contributed by atoms with Crippen LogP contribution in [0.15, 0.2) is 48.5 Å². The van der Waals surface area contributed by atoms with Crippen LogP contribution in [0.2, 0.25) is 0 Å². The molecule has 1 atom stereocenters. The van der Waals surface area contributed by atoms with Crippen molar-refractivity contribution < 1.29 is 14.3 Å². The molecule has 3 rings (SSSR count). The molecule has 124 valence electrons. The Kier molecular flexibility index (Phi) is 4.91. The second-order valence-electron chi connectivity index (χ2n) is 5.69. The number of hydrogen-bond acceptors (Lipinski definition) is 4. The predicted molar refractivity (Wildman–Crippen MR) is 91.8 cm³/mol. The summed E-state index contributed by atoms with van der Waals surface area (Å²) in [6.45, 7) is 2.80. The lowest BCUT2D eigenvalue weighted by atomic mass is 9.95. The number of nitrogens with one attached hydrogen (secondary N) is 2. The number of esters is 1. The van der Waals surface area contributed by atoms with Crippen LogP contribution in [0.4, 0.5) is 5.69 Å². The number of rotatable bonds is 4. The van der Waals surface area contributed by atoms with Crippen molar-refractivity contribution in [2.24, 2.45) is 0 Å². The van der Waals surface area contributed by atoms with Crippen LogP contribution < -0.4 is 10.6 Å². The summed E-state index contributed by atoms with van der Waals surface area (Å²) >= 11 is 0. The van der Waals surface area contributed by atoms with Crippen molar-refractivity contribution in [2.75, 3.05) is 11.9 Å². The average molecular weight is 324 g/mol. The molecule has 2 N–H and O–H groups in total. The molecular formula is C19H20N2O3. The van der Waals surface area contributed by atoms with E-state index in [1.54, 1.807) is 31.2 Å². The molecule has 5 nitrogen and oxygen atoms in total. The molecule has 1 heterocycles. The van der Waals surface area contributed by atoms with Crippen molar-refractivity contribution in [3.8, 4) is 0 Å². The normalized spacial score (nSPS) is 16.1. The van der Waals surface area contributed by atoms with Crippen molar-refractivity contribution >= 4 is 17.6 Å². The number of carbonyl (C=O) groups is 2. The zero-order valence-corrected chi connectivity index (χ0v) is 13.5. The smallest absolute Gasteiger partial charge is 0.338 e. The summed E-state index contributed by atoms with van der Waals surface area (Å²) in [7, 11) is 0. The lowest BCUT2D eigenvalue weighted by Gasteiger charge is -2.25. The molecule has 1 amide bonds. The Morgan fingerprint density at radius 2 is 1.83 bits per heavy atom. The Balaban J connectivity index is 1.62. The standard InChI is InChI=1S/C19H20N2O3/c1-2-24-19(23)13-7-9-16(10-8-13)21-18(22)17-11-14-5-3-4-6-15(14)12-20-17/h3-10,17,20H,2,11-12H2,1H3,(H,21,22). The van der Waals surface area contributed by atoms with E-state index >= 15 is 0 Å². The molecule has 1 aliphatic rings. The van der Waals surface area contributed by atoms with E-state index in [1.807, 2.05) is 12.1 Å². The second kappa shape index (κ2) is 7.27. The minimum atomic E-state index is -0.360. The van der Waals surface area contributed by atoms with Crippen LogP contribution in [0.3, 0.4) is 0 Å². The van der Waals surface area contributed by atoms with Gasteiger partial charge in [0, 0.05) is 12.2 Å². The van der Waals surface area contributed by atoms with Crippen LogP contribution >= 0.6 is 0 Å². The van der Waals surface area contributed by atoms with E-state index in [9.17, 15) is 9.59 Å². The zero-order chi connectivity index (χ0) is 16.9. The Labute approximate surface area is 141 Å². The van der Waals surface area contributed by atoms with Crippen molar-refractivity contribution in [3.63, 3.8) is 0 Å². The van der Waals surface area contributed by atoms with Crippen LogP contribution in [0.25, 0.3) is 0 Å². The van der Waals surface area contributed by atoms with Gasteiger partial charge in [0.05, 0.1) is 18.2 Å². The van der Waals surface area contributed by atoms with Crippen LogP contribution in [-0.4, -0.2) is 24.5 Å². The number of ether oxygens (including phenoxy) is 1. The van der Waals surface area contributed by atoms with Crippen LogP contribution in [0.5, 0.6) is 0 Å². The molecule has 2 aromatic carbocycles. The van der Waals surface area contributed by atoms with Gasteiger partial charge < -0.3 is 15.4 Å². The van der Waals surface area contributed by atoms with Gasteiger partial charge in [-0.05, 0) is 48.7 Å². The highest BCUT2D eigenvalue weighted by atomic mass is 16.5. The SMILES string of the molecule is CCOC(=O)c1ccc(NC(=O)C2Cc3ccccc3CN2)cc1. The number of carbonyl (C=O) groups excluding carboxylic acids is 2. The highest BCUT2D eigenvalue weighted by Crippen LogP contribution is 2.18. The topological polar surface area (TPSA) is 67.4 Å². The fourth-order valence-corrected chi connectivity index (χ4v) is 2.77. The van der Waals surface area contributed by atoms with Gasteiger partial charge in [-0.1, -0.05) is 24.3 Å². The van der Waals surface area contributed by atoms with Gasteiger partial charge in [-0.25, -0.2) is 4.79 Å². The third kappa shape index (κ3) is 3.63. The highest BCUT2D eigenvalue weighted by Gasteiger charge is 2.23. The molecule has 0 saturated carbocycles. The zero-order valence-electron chi connectivity index (χ0n) is 13.5. The van der Waals surface area contributed by atoms with Gasteiger partial charge in [0.15, 0.2) is 0 Å². The van der Waals surface area contributed by atoms with E-state index in [4.69, 9.17) is 4.74 Å². The molecule has 0 aromatic heterocycles. The molecule has 0 saturated heterocycles. The summed E-state index contributed by atoms with van der Waals surface area (Å²) in [5.41, 5.74) is 3.57. The molecule has 2 aromatic rings. The fourth-order valence-electron chi connectivity index (χ4n) is 2.77. The third-order valence-electron chi connectivity index (χ3n) is 4.06. The average Bonchev–Trinajstić information content (AvgIpc) is 2.62. The molecule has 0 bridgehead atoms. The summed E-state index contributed by atoms with van der Waals surface area (Å²) in [6, 6.07) is 14.6. The number of fused-ring (bicyclic) bond motifs is 1. The van der Waals surface area contributed by atoms with Crippen LogP contribution in [-0.2, 0) is 22.5 Å². The maximum absolute atomic E-state index is 12.4. The van der Waals surface area contributed by atoms with E-state index in [1.165, 1.54) is 11.1 Å². The molecule has 0 aliphatic carbocycles. The largest absolute Gasteiger partial charge is 0.462 e. The Morgan fingerprint density at radius 3 is 2.54 bits per heavy atom. The van der Waals surface area contributed by atoms with Crippen molar-refractivity contribution in [1.82, 2.24) is 5.32 Å². The van der Waals surface area contributed by atoms with Gasteiger partial charge in [-0.3, -0.25) is 4.79 Å². The Hall–Kier alpha value is -2.66. The predicted octanol–water partition coefficient (Wildman–Crippen LogP) is 2.52. The first-order chi connectivity index (χ1) is 11.7. The van der Waals surface area contributed by atoms with Crippen molar-refractivity contribution in [2.45, 2.75) is 25.9 Å². The first-order valence-electron chi connectivity index (χ1n) is 8.05. The summed E-state index contributed by atoms with van der Waals surface area (Å²) in [6.07, 6.45) is 0.670. The Morgan fingerprint density at radius 1 is 1.12 bits per heavy atom. The minimum Gasteiger partial charge on any atom is -0.462 e. The summed E-state index contributed by atoms with van der Waals surface area (Å²) < 4.78 is 4.94. The molecular weight excluding hydrogens is 304 g/mol. The number of amides is 1. The van der Waals surface area contributed by atoms with Gasteiger partial charge in [0.1, 0.15) is 0 Å². The molecule has 0 radical (unpaired) electrons. The summed E-state index contributed by atoms with van der Waals surface area (Å²) in [4.78, 5) is 24.1. The Bertz CT molecular complexity index is 741. The minimum absolute atomic E-state index is 0.0756. The molecule has 1 aliphatic heterocycles. The first kappa shape index (κ1) is 16.2. The summed E-state index contributed by atoms with van der Waals surface area (Å²) in [5.74, 6) is -0.436. The quantitative estimate of drug-likeness (QED) is 0.848. The second-order valence-corrected chi connectivity index (χ2v) is 5.69. The maximum Gasteiger partial charge on any atom is 0.338 e. The number of benzene rings is 2. The third-order valence-corrected chi connectivity index (χ3v) is 4.06. The molecule has 0 fully saturated rings. The monoisotopic (exact) mass is 324 g/mol. The maximum atomic E-state index is 12.4. The lowest BCUT2D eigenvalue weighted by Crippen LogP contribution is -2.44. The van der Waals surface area contributed by atoms with E-state index < -0.39 is 0 Å². The molecule has 1 unspecified atom stereocenters. The fraction of sp³-hybridized carbons (Fsp3) is 0.263. The van der Waals surface area contributed by atoms with E-state index in [0.29, 0.717) is 30.8 Å². The molecule has 5 heteroatoms. The molecule has 0 spiro atoms. The van der Waals surface area contributed by atoms with Gasteiger partial charge in [-0.15, -0.1) is 0 Å². The van der Waals surface area contributed by atoms with Crippen molar-refractivity contribution in [1.29, 1.82) is 0 Å². The van der Waals surface area contributed by atoms with Gasteiger partial charge in [-0.2, -0.15) is 0 Å². The van der Waals surface area contributed by atoms with Crippen LogP contribution in [0, 0.1) is 0 Å². The van der Waals surface area contributed by atoms with E-state index in [2.05, 4.69) is 22.8 Å². The van der Waals surface area contributed by atoms with Crippen molar-refractivity contribution in [3.05, 3.63) is 65.2 Å². The van der Waals surface area contributed by atoms with Gasteiger partial charge in [0.25, 0.3) is 0 Å². The highest BCUT2D eigenvalue weighted by molar-refractivity contribution is 5.96. The van der Waals surface area contributed by atoms with Gasteiger partial charge >= 0.3 is 5.97 Å². The van der Waals surface area contributed by atoms with E-state index in [0.717, 1.165) is 0 Å². The number of hydrogen-bond donors (Lipinski definition) is 2. The number of anilines is 1. The summed E-state index contributed by atoms with van der Waals surface area (Å²) in [5, 5.41) is 6.14. The lowest BCUT2D eigenvalue weighted by molar-refractivity contribution is -0.118. The van der Waals surface area contributed by atoms with Crippen LogP contribution in [0.1, 0.15) is 28.4 Å². The van der Waals surface area contributed by atoms with Gasteiger partial charge in [0.2, 0.25) is 5.91 Å².